The predicted octanol–water partition coefficient (Wildman–Crippen LogP) is 5.88. The number of rotatable bonds is 9. The topological polar surface area (TPSA) is 94.2 Å². The maximum absolute atomic E-state index is 13.3. The van der Waals surface area contributed by atoms with Crippen molar-refractivity contribution in [2.75, 3.05) is 11.5 Å². The van der Waals surface area contributed by atoms with Crippen LogP contribution in [0.3, 0.4) is 0 Å². The summed E-state index contributed by atoms with van der Waals surface area (Å²) in [6, 6.07) is 18.6. The molecule has 4 amide bonds. The molecule has 0 bridgehead atoms. The first kappa shape index (κ1) is 26.9. The number of amides is 4. The first-order valence-corrected chi connectivity index (χ1v) is 12.9. The normalized spacial score (nSPS) is 14.6. The SMILES string of the molecule is CCOc1cc(/C=C2\C(=O)NC(=O)N(c3ccc(OCc4ccc(Br)cc4)cc3)C2=O)ccc1OC(C)C. The number of carbonyl (C=O) groups excluding carboxylic acids is 3. The van der Waals surface area contributed by atoms with Crippen LogP contribution in [0.5, 0.6) is 17.2 Å². The van der Waals surface area contributed by atoms with E-state index in [1.165, 1.54) is 6.08 Å². The maximum atomic E-state index is 13.3. The molecule has 1 N–H and O–H groups in total. The maximum Gasteiger partial charge on any atom is 0.335 e. The van der Waals surface area contributed by atoms with Crippen molar-refractivity contribution in [1.82, 2.24) is 5.32 Å². The Kier molecular flexibility index (Phi) is 8.48. The van der Waals surface area contributed by atoms with Gasteiger partial charge in [-0.1, -0.05) is 34.1 Å². The van der Waals surface area contributed by atoms with Crippen molar-refractivity contribution < 1.29 is 28.6 Å². The number of nitrogens with one attached hydrogen (secondary N) is 1. The lowest BCUT2D eigenvalue weighted by atomic mass is 10.1. The van der Waals surface area contributed by atoms with Gasteiger partial charge in [-0.25, -0.2) is 9.69 Å². The molecule has 0 atom stereocenters. The summed E-state index contributed by atoms with van der Waals surface area (Å²) in [5.41, 5.74) is 1.67. The minimum absolute atomic E-state index is 0.0544. The third kappa shape index (κ3) is 6.41. The number of ether oxygens (including phenoxy) is 3. The van der Waals surface area contributed by atoms with Crippen molar-refractivity contribution in [2.24, 2.45) is 0 Å². The summed E-state index contributed by atoms with van der Waals surface area (Å²) in [6.07, 6.45) is 1.37. The fourth-order valence-electron chi connectivity index (χ4n) is 3.73. The molecule has 1 saturated heterocycles. The standard InChI is InChI=1S/C29H27BrN2O6/c1-4-36-26-16-20(7-14-25(26)38-18(2)3)15-24-27(33)31-29(35)32(28(24)34)22-10-12-23(13-11-22)37-17-19-5-8-21(30)9-6-19/h5-16,18H,4,17H2,1-3H3,(H,31,33,35)/b24-15+. The van der Waals surface area contributed by atoms with E-state index in [4.69, 9.17) is 14.2 Å². The Morgan fingerprint density at radius 1 is 0.921 bits per heavy atom. The lowest BCUT2D eigenvalue weighted by molar-refractivity contribution is -0.122. The number of hydrogen-bond acceptors (Lipinski definition) is 6. The summed E-state index contributed by atoms with van der Waals surface area (Å²) in [5.74, 6) is 0.114. The average molecular weight is 579 g/mol. The largest absolute Gasteiger partial charge is 0.490 e. The number of imide groups is 2. The van der Waals surface area contributed by atoms with Gasteiger partial charge in [0.25, 0.3) is 11.8 Å². The van der Waals surface area contributed by atoms with Crippen LogP contribution in [-0.4, -0.2) is 30.6 Å². The Bertz CT molecular complexity index is 1370. The molecule has 0 unspecified atom stereocenters. The van der Waals surface area contributed by atoms with Crippen molar-refractivity contribution in [3.05, 3.63) is 87.9 Å². The molecule has 3 aromatic rings. The van der Waals surface area contributed by atoms with Crippen LogP contribution in [0.4, 0.5) is 10.5 Å². The van der Waals surface area contributed by atoms with Crippen LogP contribution in [-0.2, 0) is 16.2 Å². The summed E-state index contributed by atoms with van der Waals surface area (Å²) in [5, 5.41) is 2.24. The summed E-state index contributed by atoms with van der Waals surface area (Å²) in [7, 11) is 0. The number of anilines is 1. The number of benzene rings is 3. The quantitative estimate of drug-likeness (QED) is 0.251. The molecule has 1 aliphatic heterocycles. The van der Waals surface area contributed by atoms with Gasteiger partial charge in [-0.2, -0.15) is 0 Å². The van der Waals surface area contributed by atoms with Crippen molar-refractivity contribution >= 4 is 45.5 Å². The molecule has 9 heteroatoms. The van der Waals surface area contributed by atoms with Gasteiger partial charge in [0, 0.05) is 4.47 Å². The van der Waals surface area contributed by atoms with Gasteiger partial charge in [-0.3, -0.25) is 14.9 Å². The molecule has 0 aliphatic carbocycles. The highest BCUT2D eigenvalue weighted by molar-refractivity contribution is 9.10. The van der Waals surface area contributed by atoms with E-state index in [0.29, 0.717) is 41.7 Å². The summed E-state index contributed by atoms with van der Waals surface area (Å²) in [6.45, 7) is 6.44. The van der Waals surface area contributed by atoms with Gasteiger partial charge in [0.1, 0.15) is 17.9 Å². The zero-order valence-electron chi connectivity index (χ0n) is 21.2. The Balaban J connectivity index is 1.54. The van der Waals surface area contributed by atoms with Crippen LogP contribution < -0.4 is 24.4 Å². The molecule has 38 heavy (non-hydrogen) atoms. The number of barbiturate groups is 1. The second kappa shape index (κ2) is 12.0. The highest BCUT2D eigenvalue weighted by atomic mass is 79.9. The highest BCUT2D eigenvalue weighted by Crippen LogP contribution is 2.31. The third-order valence-corrected chi connectivity index (χ3v) is 5.99. The van der Waals surface area contributed by atoms with E-state index in [-0.39, 0.29) is 11.7 Å². The fourth-order valence-corrected chi connectivity index (χ4v) is 4.00. The van der Waals surface area contributed by atoms with Crippen LogP contribution in [0.15, 0.2) is 76.8 Å². The molecular weight excluding hydrogens is 552 g/mol. The van der Waals surface area contributed by atoms with Crippen LogP contribution >= 0.6 is 15.9 Å². The van der Waals surface area contributed by atoms with Gasteiger partial charge in [0.15, 0.2) is 11.5 Å². The third-order valence-electron chi connectivity index (χ3n) is 5.46. The molecule has 1 fully saturated rings. The molecular formula is C29H27BrN2O6. The second-order valence-electron chi connectivity index (χ2n) is 8.67. The van der Waals surface area contributed by atoms with E-state index in [1.54, 1.807) is 42.5 Å². The van der Waals surface area contributed by atoms with Crippen molar-refractivity contribution in [3.63, 3.8) is 0 Å². The lowest BCUT2D eigenvalue weighted by Gasteiger charge is -2.26. The van der Waals surface area contributed by atoms with Crippen LogP contribution in [0.25, 0.3) is 6.08 Å². The van der Waals surface area contributed by atoms with Crippen LogP contribution in [0.1, 0.15) is 31.9 Å². The van der Waals surface area contributed by atoms with Gasteiger partial charge >= 0.3 is 6.03 Å². The zero-order valence-corrected chi connectivity index (χ0v) is 22.8. The number of carbonyl (C=O) groups is 3. The van der Waals surface area contributed by atoms with E-state index in [2.05, 4.69) is 21.2 Å². The summed E-state index contributed by atoms with van der Waals surface area (Å²) in [4.78, 5) is 39.4. The molecule has 4 rings (SSSR count). The molecule has 1 aliphatic rings. The number of urea groups is 1. The second-order valence-corrected chi connectivity index (χ2v) is 9.59. The molecule has 8 nitrogen and oxygen atoms in total. The van der Waals surface area contributed by atoms with Gasteiger partial charge in [0.05, 0.1) is 18.4 Å². The summed E-state index contributed by atoms with van der Waals surface area (Å²) < 4.78 is 18.2. The zero-order chi connectivity index (χ0) is 27.2. The van der Waals surface area contributed by atoms with E-state index >= 15 is 0 Å². The van der Waals surface area contributed by atoms with E-state index in [0.717, 1.165) is 14.9 Å². The van der Waals surface area contributed by atoms with E-state index in [1.807, 2.05) is 45.0 Å². The number of hydrogen-bond donors (Lipinski definition) is 1. The minimum atomic E-state index is -0.823. The van der Waals surface area contributed by atoms with Gasteiger partial charge in [0.2, 0.25) is 0 Å². The average Bonchev–Trinajstić information content (AvgIpc) is 2.88. The monoisotopic (exact) mass is 578 g/mol. The first-order valence-electron chi connectivity index (χ1n) is 12.1. The summed E-state index contributed by atoms with van der Waals surface area (Å²) >= 11 is 3.40. The van der Waals surface area contributed by atoms with E-state index < -0.39 is 17.8 Å². The van der Waals surface area contributed by atoms with Gasteiger partial charge < -0.3 is 14.2 Å². The molecule has 0 aromatic heterocycles. The van der Waals surface area contributed by atoms with Gasteiger partial charge in [-0.15, -0.1) is 0 Å². The Labute approximate surface area is 229 Å². The molecule has 0 saturated carbocycles. The smallest absolute Gasteiger partial charge is 0.335 e. The molecule has 0 spiro atoms. The van der Waals surface area contributed by atoms with Gasteiger partial charge in [-0.05, 0) is 86.5 Å². The first-order chi connectivity index (χ1) is 18.2. The van der Waals surface area contributed by atoms with Crippen molar-refractivity contribution in [1.29, 1.82) is 0 Å². The Morgan fingerprint density at radius 3 is 2.29 bits per heavy atom. The number of nitrogens with zero attached hydrogens (tertiary/aromatic N) is 1. The molecule has 1 heterocycles. The molecule has 3 aromatic carbocycles. The van der Waals surface area contributed by atoms with E-state index in [9.17, 15) is 14.4 Å². The minimum Gasteiger partial charge on any atom is -0.490 e. The van der Waals surface area contributed by atoms with Crippen molar-refractivity contribution in [3.8, 4) is 17.2 Å². The van der Waals surface area contributed by atoms with Crippen LogP contribution in [0, 0.1) is 0 Å². The number of halogens is 1. The fraction of sp³-hybridized carbons (Fsp3) is 0.207. The Hall–Kier alpha value is -4.11. The highest BCUT2D eigenvalue weighted by Gasteiger charge is 2.36. The molecule has 196 valence electrons. The van der Waals surface area contributed by atoms with Crippen LogP contribution in [0.2, 0.25) is 0 Å². The van der Waals surface area contributed by atoms with Crippen molar-refractivity contribution in [2.45, 2.75) is 33.5 Å². The Morgan fingerprint density at radius 2 is 1.63 bits per heavy atom. The molecule has 0 radical (unpaired) electrons. The predicted molar refractivity (Wildman–Crippen MR) is 147 cm³/mol. The lowest BCUT2D eigenvalue weighted by Crippen LogP contribution is -2.54.